The number of hydrogen-bond acceptors (Lipinski definition) is 3. The van der Waals surface area contributed by atoms with Crippen LogP contribution in [0.15, 0.2) is 0 Å². The van der Waals surface area contributed by atoms with E-state index >= 15 is 0 Å². The van der Waals surface area contributed by atoms with E-state index in [9.17, 15) is 4.79 Å². The highest BCUT2D eigenvalue weighted by atomic mass is 32.2. The van der Waals surface area contributed by atoms with Crippen LogP contribution in [0.25, 0.3) is 0 Å². The average molecular weight is 314 g/mol. The molecule has 5 heteroatoms. The highest BCUT2D eigenvalue weighted by Crippen LogP contribution is 2.25. The van der Waals surface area contributed by atoms with Gasteiger partial charge in [0.25, 0.3) is 0 Å². The van der Waals surface area contributed by atoms with Gasteiger partial charge in [0.1, 0.15) is 0 Å². The number of ether oxygens (including phenoxy) is 1. The monoisotopic (exact) mass is 314 g/mol. The summed E-state index contributed by atoms with van der Waals surface area (Å²) in [5.41, 5.74) is 0. The van der Waals surface area contributed by atoms with Crippen LogP contribution in [-0.2, 0) is 4.74 Å². The van der Waals surface area contributed by atoms with Crippen molar-refractivity contribution >= 4 is 17.8 Å². The second-order valence-corrected chi connectivity index (χ2v) is 8.01. The van der Waals surface area contributed by atoms with Gasteiger partial charge < -0.3 is 15.0 Å². The van der Waals surface area contributed by atoms with Gasteiger partial charge in [-0.05, 0) is 38.5 Å². The summed E-state index contributed by atoms with van der Waals surface area (Å²) in [6.45, 7) is 9.25. The molecule has 0 aliphatic carbocycles. The Balaban J connectivity index is 1.69. The van der Waals surface area contributed by atoms with E-state index in [1.807, 2.05) is 16.7 Å². The Hall–Kier alpha value is -0.420. The quantitative estimate of drug-likeness (QED) is 0.848. The molecule has 4 nitrogen and oxygen atoms in total. The van der Waals surface area contributed by atoms with Crippen LogP contribution >= 0.6 is 11.8 Å². The number of nitrogens with zero attached hydrogens (tertiary/aromatic N) is 1. The van der Waals surface area contributed by atoms with Crippen LogP contribution in [-0.4, -0.2) is 53.8 Å². The summed E-state index contributed by atoms with van der Waals surface area (Å²) in [5.74, 6) is 1.68. The fourth-order valence-electron chi connectivity index (χ4n) is 2.95. The van der Waals surface area contributed by atoms with E-state index < -0.39 is 0 Å². The van der Waals surface area contributed by atoms with Crippen molar-refractivity contribution in [1.82, 2.24) is 10.2 Å². The van der Waals surface area contributed by atoms with E-state index in [-0.39, 0.29) is 12.1 Å². The Morgan fingerprint density at radius 2 is 2.24 bits per heavy atom. The van der Waals surface area contributed by atoms with Crippen LogP contribution in [0.1, 0.15) is 46.5 Å². The van der Waals surface area contributed by atoms with Crippen LogP contribution in [0.4, 0.5) is 4.79 Å². The largest absolute Gasteiger partial charge is 0.378 e. The molecule has 2 fully saturated rings. The normalized spacial score (nSPS) is 27.9. The van der Waals surface area contributed by atoms with Gasteiger partial charge in [0.2, 0.25) is 0 Å². The van der Waals surface area contributed by atoms with Crippen LogP contribution < -0.4 is 5.32 Å². The summed E-state index contributed by atoms with van der Waals surface area (Å²) in [5, 5.41) is 3.73. The maximum atomic E-state index is 12.3. The van der Waals surface area contributed by atoms with Crippen molar-refractivity contribution in [2.24, 2.45) is 5.92 Å². The summed E-state index contributed by atoms with van der Waals surface area (Å²) in [6, 6.07) is 0.342. The zero-order chi connectivity index (χ0) is 15.2. The van der Waals surface area contributed by atoms with Crippen LogP contribution in [0.2, 0.25) is 0 Å². The van der Waals surface area contributed by atoms with Gasteiger partial charge in [0.15, 0.2) is 0 Å². The lowest BCUT2D eigenvalue weighted by Crippen LogP contribution is -2.50. The third kappa shape index (κ3) is 5.37. The number of urea groups is 1. The first kappa shape index (κ1) is 16.9. The molecule has 21 heavy (non-hydrogen) atoms. The first-order valence-corrected chi connectivity index (χ1v) is 9.39. The summed E-state index contributed by atoms with van der Waals surface area (Å²) in [4.78, 5) is 14.3. The summed E-state index contributed by atoms with van der Waals surface area (Å²) >= 11 is 2.00. The maximum Gasteiger partial charge on any atom is 0.317 e. The molecule has 0 unspecified atom stereocenters. The predicted molar refractivity (Wildman–Crippen MR) is 88.9 cm³/mol. The second-order valence-electron chi connectivity index (χ2n) is 6.66. The fourth-order valence-corrected chi connectivity index (χ4v) is 4.24. The number of thioether (sulfide) groups is 1. The van der Waals surface area contributed by atoms with Gasteiger partial charge >= 0.3 is 6.03 Å². The lowest BCUT2D eigenvalue weighted by Gasteiger charge is -2.35. The fraction of sp³-hybridized carbons (Fsp3) is 0.938. The molecule has 0 saturated carbocycles. The standard InChI is InChI=1S/C16H30N2O2S/c1-12(2)15-11-18(8-10-21-15)16(19)17-13(3)6-7-14-5-4-9-20-14/h12-15H,4-11H2,1-3H3,(H,17,19)/t13-,14+,15+/m1/s1. The van der Waals surface area contributed by atoms with Gasteiger partial charge in [-0.25, -0.2) is 4.79 Å². The van der Waals surface area contributed by atoms with Crippen molar-refractivity contribution in [2.75, 3.05) is 25.4 Å². The summed E-state index contributed by atoms with van der Waals surface area (Å²) in [6.07, 6.45) is 4.85. The molecule has 2 amide bonds. The number of amides is 2. The predicted octanol–water partition coefficient (Wildman–Crippen LogP) is 3.12. The van der Waals surface area contributed by atoms with E-state index in [2.05, 4.69) is 26.1 Å². The van der Waals surface area contributed by atoms with E-state index in [1.165, 1.54) is 12.8 Å². The minimum Gasteiger partial charge on any atom is -0.378 e. The summed E-state index contributed by atoms with van der Waals surface area (Å²) < 4.78 is 5.64. The number of carbonyl (C=O) groups is 1. The third-order valence-electron chi connectivity index (χ3n) is 4.44. The topological polar surface area (TPSA) is 41.6 Å². The lowest BCUT2D eigenvalue weighted by atomic mass is 10.1. The molecule has 0 bridgehead atoms. The Labute approximate surface area is 133 Å². The van der Waals surface area contributed by atoms with Crippen molar-refractivity contribution in [3.8, 4) is 0 Å². The Morgan fingerprint density at radius 1 is 1.43 bits per heavy atom. The van der Waals surface area contributed by atoms with Gasteiger partial charge in [0, 0.05) is 36.7 Å². The van der Waals surface area contributed by atoms with Gasteiger partial charge in [-0.15, -0.1) is 0 Å². The zero-order valence-electron chi connectivity index (χ0n) is 13.6. The highest BCUT2D eigenvalue weighted by Gasteiger charge is 2.26. The Kier molecular flexibility index (Phi) is 6.68. The van der Waals surface area contributed by atoms with Gasteiger partial charge in [0.05, 0.1) is 6.10 Å². The van der Waals surface area contributed by atoms with Crippen molar-refractivity contribution in [3.63, 3.8) is 0 Å². The molecule has 2 heterocycles. The van der Waals surface area contributed by atoms with Gasteiger partial charge in [-0.2, -0.15) is 11.8 Å². The van der Waals surface area contributed by atoms with Crippen molar-refractivity contribution in [3.05, 3.63) is 0 Å². The number of rotatable bonds is 5. The van der Waals surface area contributed by atoms with Gasteiger partial charge in [-0.1, -0.05) is 13.8 Å². The molecular weight excluding hydrogens is 284 g/mol. The van der Waals surface area contributed by atoms with E-state index in [1.54, 1.807) is 0 Å². The molecule has 2 saturated heterocycles. The Bertz CT molecular complexity index is 332. The van der Waals surface area contributed by atoms with Crippen LogP contribution in [0.5, 0.6) is 0 Å². The van der Waals surface area contributed by atoms with E-state index in [0.717, 1.165) is 38.3 Å². The SMILES string of the molecule is CC(C)[C@@H]1CN(C(=O)N[C@H](C)CC[C@@H]2CCCO2)CCS1. The first-order chi connectivity index (χ1) is 10.1. The summed E-state index contributed by atoms with van der Waals surface area (Å²) in [7, 11) is 0. The molecular formula is C16H30N2O2S. The third-order valence-corrected chi connectivity index (χ3v) is 5.98. The second kappa shape index (κ2) is 8.28. The number of nitrogens with one attached hydrogen (secondary N) is 1. The maximum absolute atomic E-state index is 12.3. The highest BCUT2D eigenvalue weighted by molar-refractivity contribution is 8.00. The van der Waals surface area contributed by atoms with Crippen LogP contribution in [0, 0.1) is 5.92 Å². The molecule has 0 aromatic heterocycles. The molecule has 0 aromatic carbocycles. The van der Waals surface area contributed by atoms with Gasteiger partial charge in [-0.3, -0.25) is 0 Å². The molecule has 0 radical (unpaired) electrons. The van der Waals surface area contributed by atoms with E-state index in [4.69, 9.17) is 4.74 Å². The molecule has 0 spiro atoms. The molecule has 2 aliphatic rings. The van der Waals surface area contributed by atoms with Crippen molar-refractivity contribution < 1.29 is 9.53 Å². The van der Waals surface area contributed by atoms with Crippen LogP contribution in [0.3, 0.4) is 0 Å². The lowest BCUT2D eigenvalue weighted by molar-refractivity contribution is 0.0999. The van der Waals surface area contributed by atoms with Crippen molar-refractivity contribution in [1.29, 1.82) is 0 Å². The molecule has 2 rings (SSSR count). The first-order valence-electron chi connectivity index (χ1n) is 8.35. The minimum atomic E-state index is 0.112. The minimum absolute atomic E-state index is 0.112. The molecule has 3 atom stereocenters. The van der Waals surface area contributed by atoms with Crippen molar-refractivity contribution in [2.45, 2.75) is 63.9 Å². The Morgan fingerprint density at radius 3 is 2.90 bits per heavy atom. The number of carbonyl (C=O) groups excluding carboxylic acids is 1. The molecule has 2 aliphatic heterocycles. The smallest absolute Gasteiger partial charge is 0.317 e. The molecule has 1 N–H and O–H groups in total. The number of hydrogen-bond donors (Lipinski definition) is 1. The average Bonchev–Trinajstić information content (AvgIpc) is 2.98. The zero-order valence-corrected chi connectivity index (χ0v) is 14.5. The van der Waals surface area contributed by atoms with E-state index in [0.29, 0.717) is 17.3 Å². The molecule has 0 aromatic rings. The molecule has 122 valence electrons.